The number of carbonyl (C=O) groups excluding carboxylic acids is 1. The minimum absolute atomic E-state index is 0.159. The molecular formula is C18H21N3O3S. The van der Waals surface area contributed by atoms with Crippen molar-refractivity contribution in [2.75, 3.05) is 4.72 Å². The van der Waals surface area contributed by atoms with Crippen LogP contribution in [-0.2, 0) is 10.0 Å². The molecule has 132 valence electrons. The van der Waals surface area contributed by atoms with Crippen LogP contribution in [0.3, 0.4) is 0 Å². The van der Waals surface area contributed by atoms with Crippen LogP contribution in [0.4, 0.5) is 5.69 Å². The first kappa shape index (κ1) is 17.4. The molecule has 25 heavy (non-hydrogen) atoms. The van der Waals surface area contributed by atoms with E-state index in [0.717, 1.165) is 25.7 Å². The summed E-state index contributed by atoms with van der Waals surface area (Å²) >= 11 is 0. The van der Waals surface area contributed by atoms with E-state index in [1.165, 1.54) is 37.0 Å². The molecule has 0 spiro atoms. The maximum Gasteiger partial charge on any atom is 0.261 e. The summed E-state index contributed by atoms with van der Waals surface area (Å²) in [6, 6.07) is 9.76. The van der Waals surface area contributed by atoms with E-state index in [1.54, 1.807) is 18.2 Å². The molecule has 2 N–H and O–H groups in total. The van der Waals surface area contributed by atoms with Crippen LogP contribution in [0.2, 0.25) is 0 Å². The zero-order valence-electron chi connectivity index (χ0n) is 13.8. The van der Waals surface area contributed by atoms with Gasteiger partial charge in [0.05, 0.1) is 22.3 Å². The molecule has 1 aromatic heterocycles. The molecule has 1 aromatic carbocycles. The molecule has 6 nitrogen and oxygen atoms in total. The lowest BCUT2D eigenvalue weighted by molar-refractivity contribution is 0.0927. The van der Waals surface area contributed by atoms with Crippen molar-refractivity contribution in [3.05, 3.63) is 54.4 Å². The molecule has 2 aromatic rings. The Kier molecular flexibility index (Phi) is 5.33. The van der Waals surface area contributed by atoms with E-state index in [1.807, 2.05) is 0 Å². The smallest absolute Gasteiger partial charge is 0.261 e. The normalized spacial score (nSPS) is 15.5. The number of hydrogen-bond donors (Lipinski definition) is 2. The maximum atomic E-state index is 12.4. The Morgan fingerprint density at radius 3 is 2.48 bits per heavy atom. The van der Waals surface area contributed by atoms with Gasteiger partial charge in [0.1, 0.15) is 0 Å². The van der Waals surface area contributed by atoms with Crippen molar-refractivity contribution in [1.29, 1.82) is 0 Å². The highest BCUT2D eigenvalue weighted by atomic mass is 32.2. The van der Waals surface area contributed by atoms with E-state index in [0.29, 0.717) is 5.56 Å². The first-order valence-corrected chi connectivity index (χ1v) is 9.87. The van der Waals surface area contributed by atoms with Gasteiger partial charge in [0.15, 0.2) is 0 Å². The van der Waals surface area contributed by atoms with Crippen LogP contribution < -0.4 is 10.0 Å². The van der Waals surface area contributed by atoms with E-state index >= 15 is 0 Å². The molecule has 1 aliphatic rings. The highest BCUT2D eigenvalue weighted by Gasteiger charge is 2.18. The number of anilines is 1. The first-order valence-electron chi connectivity index (χ1n) is 8.38. The summed E-state index contributed by atoms with van der Waals surface area (Å²) in [7, 11) is -3.70. The van der Waals surface area contributed by atoms with Gasteiger partial charge < -0.3 is 5.32 Å². The highest BCUT2D eigenvalue weighted by Crippen LogP contribution is 2.19. The predicted molar refractivity (Wildman–Crippen MR) is 95.8 cm³/mol. The van der Waals surface area contributed by atoms with Crippen LogP contribution in [0.15, 0.2) is 53.7 Å². The second kappa shape index (κ2) is 7.65. The van der Waals surface area contributed by atoms with Crippen molar-refractivity contribution in [2.45, 2.75) is 43.0 Å². The minimum Gasteiger partial charge on any atom is -0.349 e. The van der Waals surface area contributed by atoms with Crippen LogP contribution in [0.5, 0.6) is 0 Å². The molecule has 1 saturated carbocycles. The zero-order chi connectivity index (χ0) is 17.7. The van der Waals surface area contributed by atoms with Gasteiger partial charge in [-0.15, -0.1) is 0 Å². The number of nitrogens with zero attached hydrogens (tertiary/aromatic N) is 1. The molecule has 0 unspecified atom stereocenters. The topological polar surface area (TPSA) is 88.2 Å². The summed E-state index contributed by atoms with van der Waals surface area (Å²) in [6.45, 7) is 0. The van der Waals surface area contributed by atoms with Gasteiger partial charge in [0.25, 0.3) is 15.9 Å². The Morgan fingerprint density at radius 1 is 1.04 bits per heavy atom. The van der Waals surface area contributed by atoms with Crippen molar-refractivity contribution in [1.82, 2.24) is 10.3 Å². The number of carbonyl (C=O) groups is 1. The Balaban J connectivity index is 1.72. The third-order valence-corrected chi connectivity index (χ3v) is 5.64. The standard InChI is InChI=1S/C18H21N3O3S/c22-18(20-15-7-3-1-4-8-15)14-11-16(13-19-12-14)21-25(23,24)17-9-5-2-6-10-17/h2,5-6,9-13,15,21H,1,3-4,7-8H2,(H,20,22). The molecule has 1 amide bonds. The fourth-order valence-corrected chi connectivity index (χ4v) is 4.00. The number of benzene rings is 1. The number of nitrogens with one attached hydrogen (secondary N) is 2. The van der Waals surface area contributed by atoms with Gasteiger partial charge in [-0.3, -0.25) is 14.5 Å². The van der Waals surface area contributed by atoms with Gasteiger partial charge >= 0.3 is 0 Å². The Bertz CT molecular complexity index is 832. The van der Waals surface area contributed by atoms with Crippen molar-refractivity contribution < 1.29 is 13.2 Å². The van der Waals surface area contributed by atoms with Gasteiger partial charge in [0.2, 0.25) is 0 Å². The molecule has 1 fully saturated rings. The summed E-state index contributed by atoms with van der Waals surface area (Å²) in [5.74, 6) is -0.222. The SMILES string of the molecule is O=C(NC1CCCCC1)c1cncc(NS(=O)(=O)c2ccccc2)c1. The second-order valence-corrected chi connectivity index (χ2v) is 7.87. The molecule has 0 radical (unpaired) electrons. The van der Waals surface area contributed by atoms with Crippen LogP contribution in [-0.4, -0.2) is 25.4 Å². The van der Waals surface area contributed by atoms with E-state index < -0.39 is 10.0 Å². The number of hydrogen-bond acceptors (Lipinski definition) is 4. The summed E-state index contributed by atoms with van der Waals surface area (Å²) in [5.41, 5.74) is 0.610. The summed E-state index contributed by atoms with van der Waals surface area (Å²) in [6.07, 6.45) is 8.26. The van der Waals surface area contributed by atoms with Crippen LogP contribution >= 0.6 is 0 Å². The van der Waals surface area contributed by atoms with Gasteiger partial charge in [-0.2, -0.15) is 0 Å². The van der Waals surface area contributed by atoms with E-state index in [2.05, 4.69) is 15.0 Å². The van der Waals surface area contributed by atoms with Crippen LogP contribution in [0.1, 0.15) is 42.5 Å². The maximum absolute atomic E-state index is 12.4. The summed E-state index contributed by atoms with van der Waals surface area (Å²) in [5, 5.41) is 3.00. The minimum atomic E-state index is -3.70. The van der Waals surface area contributed by atoms with Crippen molar-refractivity contribution in [2.24, 2.45) is 0 Å². The van der Waals surface area contributed by atoms with Gasteiger partial charge in [0, 0.05) is 12.2 Å². The lowest BCUT2D eigenvalue weighted by Crippen LogP contribution is -2.36. The third kappa shape index (κ3) is 4.57. The van der Waals surface area contributed by atoms with Gasteiger partial charge in [-0.1, -0.05) is 37.5 Å². The average Bonchev–Trinajstić information content (AvgIpc) is 2.63. The third-order valence-electron chi connectivity index (χ3n) is 4.25. The monoisotopic (exact) mass is 359 g/mol. The molecule has 0 bridgehead atoms. The highest BCUT2D eigenvalue weighted by molar-refractivity contribution is 7.92. The largest absolute Gasteiger partial charge is 0.349 e. The molecule has 1 aliphatic carbocycles. The lowest BCUT2D eigenvalue weighted by atomic mass is 9.95. The zero-order valence-corrected chi connectivity index (χ0v) is 14.6. The molecule has 0 saturated heterocycles. The summed E-state index contributed by atoms with van der Waals surface area (Å²) < 4.78 is 27.2. The average molecular weight is 359 g/mol. The van der Waals surface area contributed by atoms with Crippen molar-refractivity contribution in [3.8, 4) is 0 Å². The van der Waals surface area contributed by atoms with E-state index in [4.69, 9.17) is 0 Å². The molecule has 1 heterocycles. The Hall–Kier alpha value is -2.41. The van der Waals surface area contributed by atoms with E-state index in [9.17, 15) is 13.2 Å². The summed E-state index contributed by atoms with van der Waals surface area (Å²) in [4.78, 5) is 16.5. The second-order valence-electron chi connectivity index (χ2n) is 6.19. The van der Waals surface area contributed by atoms with Crippen LogP contribution in [0.25, 0.3) is 0 Å². The van der Waals surface area contributed by atoms with Gasteiger partial charge in [-0.25, -0.2) is 8.42 Å². The number of pyridine rings is 1. The predicted octanol–water partition coefficient (Wildman–Crippen LogP) is 2.94. The molecule has 7 heteroatoms. The van der Waals surface area contributed by atoms with Crippen molar-refractivity contribution >= 4 is 21.6 Å². The molecule has 0 aliphatic heterocycles. The quantitative estimate of drug-likeness (QED) is 0.859. The van der Waals surface area contributed by atoms with Crippen molar-refractivity contribution in [3.63, 3.8) is 0 Å². The Morgan fingerprint density at radius 2 is 1.76 bits per heavy atom. The fourth-order valence-electron chi connectivity index (χ4n) is 2.95. The number of amides is 1. The first-order chi connectivity index (χ1) is 12.0. The molecule has 0 atom stereocenters. The molecular weight excluding hydrogens is 338 g/mol. The van der Waals surface area contributed by atoms with Gasteiger partial charge in [-0.05, 0) is 31.0 Å². The molecule has 3 rings (SSSR count). The number of aromatic nitrogens is 1. The van der Waals surface area contributed by atoms with Crippen LogP contribution in [0, 0.1) is 0 Å². The Labute approximate surface area is 147 Å². The fraction of sp³-hybridized carbons (Fsp3) is 0.333. The number of rotatable bonds is 5. The lowest BCUT2D eigenvalue weighted by Gasteiger charge is -2.22. The number of sulfonamides is 1. The van der Waals surface area contributed by atoms with E-state index in [-0.39, 0.29) is 22.5 Å².